The van der Waals surface area contributed by atoms with Gasteiger partial charge in [-0.05, 0) is 111 Å². The molecule has 228 valence electrons. The summed E-state index contributed by atoms with van der Waals surface area (Å²) in [6.45, 7) is 10.3. The van der Waals surface area contributed by atoms with E-state index in [2.05, 4.69) is 61.2 Å². The predicted molar refractivity (Wildman–Crippen MR) is 189 cm³/mol. The lowest BCUT2D eigenvalue weighted by Gasteiger charge is -2.42. The molecule has 6 aromatic carbocycles. The van der Waals surface area contributed by atoms with Crippen molar-refractivity contribution in [1.82, 2.24) is 0 Å². The quantitative estimate of drug-likeness (QED) is 0.111. The molecule has 1 heterocycles. The summed E-state index contributed by atoms with van der Waals surface area (Å²) in [6, 6.07) is 36.8. The lowest BCUT2D eigenvalue weighted by molar-refractivity contribution is 0.102. The van der Waals surface area contributed by atoms with Crippen molar-refractivity contribution in [1.29, 1.82) is 0 Å². The molecule has 0 unspecified atom stereocenters. The Morgan fingerprint density at radius 1 is 0.739 bits per heavy atom. The zero-order chi connectivity index (χ0) is 32.6. The van der Waals surface area contributed by atoms with Crippen LogP contribution in [0.5, 0.6) is 0 Å². The van der Waals surface area contributed by atoms with Crippen LogP contribution in [0.15, 0.2) is 121 Å². The van der Waals surface area contributed by atoms with Crippen molar-refractivity contribution < 1.29 is 14.0 Å². The number of hydrogen-bond acceptors (Lipinski definition) is 3. The third kappa shape index (κ3) is 5.20. The van der Waals surface area contributed by atoms with Gasteiger partial charge in [-0.2, -0.15) is 0 Å². The van der Waals surface area contributed by atoms with Crippen LogP contribution >= 0.6 is 0 Å². The highest BCUT2D eigenvalue weighted by molar-refractivity contribution is 6.16. The van der Waals surface area contributed by atoms with E-state index >= 15 is 0 Å². The summed E-state index contributed by atoms with van der Waals surface area (Å²) >= 11 is 0. The molecular formula is C42H36FNO2. The Kier molecular flexibility index (Phi) is 8.14. The van der Waals surface area contributed by atoms with E-state index in [0.717, 1.165) is 50.5 Å². The van der Waals surface area contributed by atoms with Gasteiger partial charge < -0.3 is 4.90 Å². The number of rotatable bonds is 5. The highest BCUT2D eigenvalue weighted by atomic mass is 19.1. The Bertz CT molecular complexity index is 2160. The van der Waals surface area contributed by atoms with Crippen LogP contribution in [0.4, 0.5) is 21.5 Å². The van der Waals surface area contributed by atoms with Crippen LogP contribution in [0, 0.1) is 5.82 Å². The molecule has 0 atom stereocenters. The van der Waals surface area contributed by atoms with E-state index in [4.69, 9.17) is 0 Å². The Balaban J connectivity index is 0.00000182. The number of Topliss-reactive ketones (excluding diaryl/α,β-unsaturated/α-hetero) is 1. The number of hydrogen-bond donors (Lipinski definition) is 0. The maximum Gasteiger partial charge on any atom is 0.189 e. The van der Waals surface area contributed by atoms with Crippen LogP contribution in [0.3, 0.4) is 0 Å². The first-order valence-corrected chi connectivity index (χ1v) is 15.7. The predicted octanol–water partition coefficient (Wildman–Crippen LogP) is 11.4. The van der Waals surface area contributed by atoms with E-state index in [-0.39, 0.29) is 17.0 Å². The van der Waals surface area contributed by atoms with Gasteiger partial charge in [0.25, 0.3) is 0 Å². The first kappa shape index (κ1) is 30.7. The van der Waals surface area contributed by atoms with E-state index < -0.39 is 0 Å². The third-order valence-electron chi connectivity index (χ3n) is 8.82. The zero-order valence-corrected chi connectivity index (χ0v) is 26.8. The van der Waals surface area contributed by atoms with Crippen LogP contribution in [-0.2, 0) is 5.41 Å². The average Bonchev–Trinajstić information content (AvgIpc) is 3.08. The number of halogens is 1. The van der Waals surface area contributed by atoms with Crippen molar-refractivity contribution in [3.63, 3.8) is 0 Å². The molecule has 0 bridgehead atoms. The first-order valence-electron chi connectivity index (χ1n) is 15.7. The van der Waals surface area contributed by atoms with E-state index in [0.29, 0.717) is 16.7 Å². The van der Waals surface area contributed by atoms with E-state index in [1.54, 1.807) is 19.1 Å². The third-order valence-corrected chi connectivity index (χ3v) is 8.82. The van der Waals surface area contributed by atoms with Gasteiger partial charge in [0.15, 0.2) is 12.1 Å². The van der Waals surface area contributed by atoms with Crippen molar-refractivity contribution in [3.8, 4) is 0 Å². The number of ketones is 1. The van der Waals surface area contributed by atoms with Gasteiger partial charge in [-0.3, -0.25) is 9.59 Å². The van der Waals surface area contributed by atoms with Gasteiger partial charge in [-0.1, -0.05) is 88.4 Å². The zero-order valence-electron chi connectivity index (χ0n) is 26.8. The van der Waals surface area contributed by atoms with Gasteiger partial charge in [0.2, 0.25) is 0 Å². The molecule has 0 aromatic heterocycles. The molecule has 0 saturated heterocycles. The second-order valence-electron chi connectivity index (χ2n) is 12.0. The van der Waals surface area contributed by atoms with Gasteiger partial charge in [0, 0.05) is 22.2 Å². The number of anilines is 3. The monoisotopic (exact) mass is 605 g/mol. The van der Waals surface area contributed by atoms with Crippen LogP contribution in [0.2, 0.25) is 0 Å². The number of allylic oxidation sites excluding steroid dienone is 1. The minimum Gasteiger partial charge on any atom is -0.310 e. The van der Waals surface area contributed by atoms with Crippen molar-refractivity contribution in [2.75, 3.05) is 4.90 Å². The summed E-state index contributed by atoms with van der Waals surface area (Å²) in [4.78, 5) is 27.7. The van der Waals surface area contributed by atoms with Crippen molar-refractivity contribution in [2.45, 2.75) is 40.0 Å². The summed E-state index contributed by atoms with van der Waals surface area (Å²) in [5, 5.41) is 4.02. The molecular weight excluding hydrogens is 569 g/mol. The number of carbonyl (C=O) groups excluding carboxylic acids is 2. The molecule has 0 radical (unpaired) electrons. The normalized spacial score (nSPS) is 13.4. The molecule has 0 saturated carbocycles. The summed E-state index contributed by atoms with van der Waals surface area (Å²) in [7, 11) is 0. The number of benzene rings is 6. The molecule has 1 aliphatic heterocycles. The first-order chi connectivity index (χ1) is 22.3. The number of carbonyl (C=O) groups is 2. The summed E-state index contributed by atoms with van der Waals surface area (Å²) in [5.41, 5.74) is 7.36. The van der Waals surface area contributed by atoms with E-state index in [1.165, 1.54) is 23.3 Å². The molecule has 1 aliphatic rings. The fourth-order valence-electron chi connectivity index (χ4n) is 6.68. The van der Waals surface area contributed by atoms with Crippen LogP contribution < -0.4 is 4.90 Å². The summed E-state index contributed by atoms with van der Waals surface area (Å²) in [6.07, 6.45) is 2.64. The Morgan fingerprint density at radius 3 is 2.13 bits per heavy atom. The molecule has 0 fully saturated rings. The summed E-state index contributed by atoms with van der Waals surface area (Å²) < 4.78 is 13.9. The van der Waals surface area contributed by atoms with Crippen LogP contribution in [-0.4, -0.2) is 12.1 Å². The highest BCUT2D eigenvalue weighted by Gasteiger charge is 2.38. The molecule has 0 aliphatic carbocycles. The standard InChI is InChI=1S/C40H30FNO2.C2H6/c1-25(39(44)34-23-28-9-5-4-8-27(28)22-30(34)24-43)20-26-12-18-33-29(21-26)13-19-37-38(33)40(2,3)35-10-6-7-11-36(35)42(37)32-16-14-31(41)15-17-32;1-2/h4-24H,1-3H3;1-2H3/b25-20-;. The molecule has 3 nitrogen and oxygen atoms in total. The molecule has 46 heavy (non-hydrogen) atoms. The van der Waals surface area contributed by atoms with E-state index in [1.807, 2.05) is 68.5 Å². The van der Waals surface area contributed by atoms with Gasteiger partial charge in [-0.15, -0.1) is 0 Å². The molecule has 0 spiro atoms. The molecule has 0 N–H and O–H groups in total. The molecule has 4 heteroatoms. The number of para-hydroxylation sites is 1. The second-order valence-corrected chi connectivity index (χ2v) is 12.0. The fraction of sp³-hybridized carbons (Fsp3) is 0.143. The SMILES string of the molecule is C/C(=C/c1ccc2c3c(ccc2c1)N(c1ccc(F)cc1)c1ccccc1C3(C)C)C(=O)c1cc2ccccc2cc1C=O.CC. The van der Waals surface area contributed by atoms with Crippen molar-refractivity contribution in [3.05, 3.63) is 154 Å². The number of aldehydes is 1. The lowest BCUT2D eigenvalue weighted by atomic mass is 9.71. The summed E-state index contributed by atoms with van der Waals surface area (Å²) in [5.74, 6) is -0.438. The minimum atomic E-state index is -0.299. The van der Waals surface area contributed by atoms with Gasteiger partial charge in [-0.25, -0.2) is 4.39 Å². The number of fused-ring (bicyclic) bond motifs is 5. The fourth-order valence-corrected chi connectivity index (χ4v) is 6.68. The average molecular weight is 606 g/mol. The Labute approximate surface area is 269 Å². The second kappa shape index (κ2) is 12.2. The van der Waals surface area contributed by atoms with Crippen molar-refractivity contribution in [2.24, 2.45) is 0 Å². The van der Waals surface area contributed by atoms with Crippen LogP contribution in [0.1, 0.15) is 72.0 Å². The van der Waals surface area contributed by atoms with Gasteiger partial charge >= 0.3 is 0 Å². The van der Waals surface area contributed by atoms with Crippen molar-refractivity contribution >= 4 is 56.8 Å². The highest BCUT2D eigenvalue weighted by Crippen LogP contribution is 2.53. The largest absolute Gasteiger partial charge is 0.310 e. The minimum absolute atomic E-state index is 0.170. The Hall–Kier alpha value is -5.35. The maximum atomic E-state index is 13.9. The smallest absolute Gasteiger partial charge is 0.189 e. The van der Waals surface area contributed by atoms with Crippen LogP contribution in [0.25, 0.3) is 27.6 Å². The molecule has 6 aromatic rings. The van der Waals surface area contributed by atoms with E-state index in [9.17, 15) is 14.0 Å². The molecule has 7 rings (SSSR count). The number of nitrogens with zero attached hydrogens (tertiary/aromatic N) is 1. The molecule has 0 amide bonds. The topological polar surface area (TPSA) is 37.4 Å². The maximum absolute atomic E-state index is 13.9. The van der Waals surface area contributed by atoms with Gasteiger partial charge in [0.05, 0.1) is 11.4 Å². The lowest BCUT2D eigenvalue weighted by Crippen LogP contribution is -2.30. The van der Waals surface area contributed by atoms with Gasteiger partial charge in [0.1, 0.15) is 5.82 Å². The Morgan fingerprint density at radius 2 is 1.41 bits per heavy atom.